The predicted molar refractivity (Wildman–Crippen MR) is 74.9 cm³/mol. The van der Waals surface area contributed by atoms with Crippen molar-refractivity contribution >= 4 is 34.2 Å². The van der Waals surface area contributed by atoms with Crippen LogP contribution in [0.1, 0.15) is 12.0 Å². The number of benzene rings is 1. The van der Waals surface area contributed by atoms with Gasteiger partial charge in [0.15, 0.2) is 0 Å². The van der Waals surface area contributed by atoms with Gasteiger partial charge in [-0.15, -0.1) is 17.8 Å². The molecule has 1 N–H and O–H groups in total. The second kappa shape index (κ2) is 7.80. The molecule has 0 aliphatic carbocycles. The largest absolute Gasteiger partial charge is 0.508 e. The quantitative estimate of drug-likeness (QED) is 0.423. The molecule has 1 aliphatic heterocycles. The molecule has 0 bridgehead atoms. The summed E-state index contributed by atoms with van der Waals surface area (Å²) in [4.78, 5) is 13.1. The second-order valence-electron chi connectivity index (χ2n) is 4.08. The van der Waals surface area contributed by atoms with Crippen molar-refractivity contribution in [1.29, 1.82) is 0 Å². The average molecular weight is 467 g/mol. The first kappa shape index (κ1) is 18.0. The fourth-order valence-electron chi connectivity index (χ4n) is 1.84. The molecule has 1 amide bonds. The molecule has 1 unspecified atom stereocenters. The number of phenols is 1. The maximum atomic E-state index is 12.6. The number of allylic oxidation sites excluding steroid dienone is 1. The maximum Gasteiger partial charge on any atom is 0.256 e. The molecule has 7 heteroatoms. The van der Waals surface area contributed by atoms with E-state index < -0.39 is 13.0 Å². The van der Waals surface area contributed by atoms with Gasteiger partial charge in [-0.3, -0.25) is 4.79 Å². The SMILES string of the molecule is O=C1C(I)C[C-]=C(c2ccc(O)cc2)N1CC(F)F.[Y]. The van der Waals surface area contributed by atoms with E-state index in [9.17, 15) is 18.7 Å². The van der Waals surface area contributed by atoms with E-state index in [1.807, 2.05) is 22.6 Å². The predicted octanol–water partition coefficient (Wildman–Crippen LogP) is 2.83. The minimum atomic E-state index is -2.60. The van der Waals surface area contributed by atoms with Crippen LogP contribution in [-0.2, 0) is 37.5 Å². The van der Waals surface area contributed by atoms with Crippen molar-refractivity contribution in [3.05, 3.63) is 35.9 Å². The zero-order valence-electron chi connectivity index (χ0n) is 10.4. The zero-order chi connectivity index (χ0) is 14.0. The molecular weight excluding hydrogens is 456 g/mol. The zero-order valence-corrected chi connectivity index (χ0v) is 15.4. The summed E-state index contributed by atoms with van der Waals surface area (Å²) in [6, 6.07) is 6.06. The van der Waals surface area contributed by atoms with Crippen LogP contribution >= 0.6 is 22.6 Å². The summed E-state index contributed by atoms with van der Waals surface area (Å²) < 4.78 is 24.8. The van der Waals surface area contributed by atoms with Gasteiger partial charge in [0.2, 0.25) is 5.91 Å². The second-order valence-corrected chi connectivity index (χ2v) is 5.59. The van der Waals surface area contributed by atoms with Crippen LogP contribution in [0.5, 0.6) is 5.75 Å². The van der Waals surface area contributed by atoms with Crippen molar-refractivity contribution in [2.45, 2.75) is 16.8 Å². The Morgan fingerprint density at radius 3 is 2.55 bits per heavy atom. The van der Waals surface area contributed by atoms with Crippen molar-refractivity contribution < 1.29 is 51.4 Å². The molecule has 1 radical (unpaired) electrons. The Morgan fingerprint density at radius 2 is 2.00 bits per heavy atom. The number of nitrogens with zero attached hydrogens (tertiary/aromatic N) is 1. The van der Waals surface area contributed by atoms with E-state index in [1.165, 1.54) is 12.1 Å². The molecule has 1 atom stereocenters. The van der Waals surface area contributed by atoms with Crippen LogP contribution in [0, 0.1) is 6.08 Å². The molecule has 1 aromatic carbocycles. The van der Waals surface area contributed by atoms with E-state index in [0.29, 0.717) is 17.7 Å². The van der Waals surface area contributed by atoms with E-state index in [2.05, 4.69) is 6.08 Å². The molecule has 105 valence electrons. The molecule has 0 saturated heterocycles. The summed E-state index contributed by atoms with van der Waals surface area (Å²) in [5, 5.41) is 9.23. The maximum absolute atomic E-state index is 12.6. The Balaban J connectivity index is 0.00000200. The van der Waals surface area contributed by atoms with Crippen LogP contribution in [0.15, 0.2) is 24.3 Å². The Labute approximate surface area is 154 Å². The number of alkyl halides is 3. The first-order chi connectivity index (χ1) is 8.99. The van der Waals surface area contributed by atoms with Crippen molar-refractivity contribution in [3.63, 3.8) is 0 Å². The molecule has 1 aromatic rings. The number of aromatic hydroxyl groups is 1. The monoisotopic (exact) mass is 467 g/mol. The third-order valence-corrected chi connectivity index (χ3v) is 3.69. The minimum Gasteiger partial charge on any atom is -0.508 e. The number of carbonyl (C=O) groups excluding carboxylic acids is 1. The number of rotatable bonds is 3. The van der Waals surface area contributed by atoms with E-state index in [1.54, 1.807) is 12.1 Å². The molecule has 2 rings (SSSR count). The molecular formula is C13H11F2INO2Y-. The van der Waals surface area contributed by atoms with Gasteiger partial charge in [-0.2, -0.15) is 5.56 Å². The summed E-state index contributed by atoms with van der Waals surface area (Å²) in [6.07, 6.45) is 0.790. The van der Waals surface area contributed by atoms with E-state index in [0.717, 1.165) is 4.90 Å². The minimum absolute atomic E-state index is 0. The van der Waals surface area contributed by atoms with Crippen molar-refractivity contribution in [2.75, 3.05) is 6.54 Å². The van der Waals surface area contributed by atoms with E-state index >= 15 is 0 Å². The van der Waals surface area contributed by atoms with Gasteiger partial charge < -0.3 is 10.0 Å². The molecule has 20 heavy (non-hydrogen) atoms. The molecule has 0 saturated carbocycles. The van der Waals surface area contributed by atoms with Crippen molar-refractivity contribution in [1.82, 2.24) is 4.90 Å². The van der Waals surface area contributed by atoms with Gasteiger partial charge in [0, 0.05) is 32.7 Å². The average Bonchev–Trinajstić information content (AvgIpc) is 2.36. The van der Waals surface area contributed by atoms with Gasteiger partial charge in [0.05, 0.1) is 10.5 Å². The summed E-state index contributed by atoms with van der Waals surface area (Å²) in [5.41, 5.74) is 0.952. The number of amides is 1. The van der Waals surface area contributed by atoms with E-state index in [4.69, 9.17) is 0 Å². The topological polar surface area (TPSA) is 40.5 Å². The van der Waals surface area contributed by atoms with Crippen LogP contribution in [0.2, 0.25) is 0 Å². The van der Waals surface area contributed by atoms with Crippen LogP contribution in [0.4, 0.5) is 8.78 Å². The number of hydrogen-bond acceptors (Lipinski definition) is 2. The standard InChI is InChI=1S/C13H11F2INO2.Y/c14-12(15)7-17-11(6-5-10(16)13(17)19)8-1-3-9(18)4-2-8;/h1-4,10,12,18H,5,7H2;/q-1;. The van der Waals surface area contributed by atoms with Gasteiger partial charge in [-0.25, -0.2) is 14.9 Å². The van der Waals surface area contributed by atoms with Gasteiger partial charge in [-0.1, -0.05) is 29.0 Å². The number of phenolic OH excluding ortho intramolecular Hbond substituents is 1. The normalized spacial score (nSPS) is 18.8. The molecule has 0 aromatic heterocycles. The third-order valence-electron chi connectivity index (χ3n) is 2.71. The third kappa shape index (κ3) is 4.21. The Morgan fingerprint density at radius 1 is 1.40 bits per heavy atom. The number of halogens is 3. The summed E-state index contributed by atoms with van der Waals surface area (Å²) in [7, 11) is 0. The summed E-state index contributed by atoms with van der Waals surface area (Å²) in [6.45, 7) is -0.637. The number of carbonyl (C=O) groups is 1. The Hall–Kier alpha value is -0.0761. The van der Waals surface area contributed by atoms with Crippen molar-refractivity contribution in [3.8, 4) is 5.75 Å². The molecule has 1 aliphatic rings. The van der Waals surface area contributed by atoms with E-state index in [-0.39, 0.29) is 48.3 Å². The van der Waals surface area contributed by atoms with Crippen LogP contribution in [0.25, 0.3) is 5.70 Å². The summed E-state index contributed by atoms with van der Waals surface area (Å²) >= 11 is 1.93. The molecule has 1 heterocycles. The first-order valence-electron chi connectivity index (χ1n) is 5.63. The van der Waals surface area contributed by atoms with Crippen molar-refractivity contribution in [2.24, 2.45) is 0 Å². The van der Waals surface area contributed by atoms with Crippen LogP contribution in [-0.4, -0.2) is 32.8 Å². The number of hydrogen-bond donors (Lipinski definition) is 1. The smallest absolute Gasteiger partial charge is 0.256 e. The molecule has 0 spiro atoms. The van der Waals surface area contributed by atoms with Gasteiger partial charge >= 0.3 is 0 Å². The summed E-state index contributed by atoms with van der Waals surface area (Å²) in [5.74, 6) is -0.249. The van der Waals surface area contributed by atoms with Gasteiger partial charge in [0.1, 0.15) is 5.75 Å². The van der Waals surface area contributed by atoms with Crippen LogP contribution in [0.3, 0.4) is 0 Å². The first-order valence-corrected chi connectivity index (χ1v) is 6.87. The van der Waals surface area contributed by atoms with Gasteiger partial charge in [0.25, 0.3) is 6.43 Å². The Bertz CT molecular complexity index is 508. The Kier molecular flexibility index (Phi) is 7.01. The van der Waals surface area contributed by atoms with Gasteiger partial charge in [-0.05, 0) is 12.1 Å². The fraction of sp³-hybridized carbons (Fsp3) is 0.308. The molecule has 3 nitrogen and oxygen atoms in total. The molecule has 0 fully saturated rings. The fourth-order valence-corrected chi connectivity index (χ4v) is 2.40. The van der Waals surface area contributed by atoms with Crippen LogP contribution < -0.4 is 0 Å².